The monoisotopic (exact) mass is 289 g/mol. The van der Waals surface area contributed by atoms with Crippen molar-refractivity contribution in [2.45, 2.75) is 32.3 Å². The Labute approximate surface area is 115 Å². The summed E-state index contributed by atoms with van der Waals surface area (Å²) in [6.45, 7) is 3.62. The summed E-state index contributed by atoms with van der Waals surface area (Å²) in [5.41, 5.74) is -1.33. The van der Waals surface area contributed by atoms with Gasteiger partial charge in [-0.25, -0.2) is 4.79 Å². The predicted octanol–water partition coefficient (Wildman–Crippen LogP) is 2.82. The van der Waals surface area contributed by atoms with Crippen molar-refractivity contribution in [3.8, 4) is 5.75 Å². The van der Waals surface area contributed by atoms with Crippen LogP contribution in [0.1, 0.15) is 26.3 Å². The van der Waals surface area contributed by atoms with Crippen LogP contribution in [0.5, 0.6) is 5.75 Å². The van der Waals surface area contributed by atoms with Gasteiger partial charge in [0, 0.05) is 5.56 Å². The van der Waals surface area contributed by atoms with Gasteiger partial charge in [-0.2, -0.15) is 8.78 Å². The summed E-state index contributed by atoms with van der Waals surface area (Å²) in [5, 5.41) is 20.4. The lowest BCUT2D eigenvalue weighted by Crippen LogP contribution is -2.27. The third kappa shape index (κ3) is 4.34. The Balaban J connectivity index is 2.87. The van der Waals surface area contributed by atoms with Gasteiger partial charge in [0.2, 0.25) is 0 Å². The molecule has 0 aliphatic rings. The first-order valence-electron chi connectivity index (χ1n) is 5.87. The van der Waals surface area contributed by atoms with Gasteiger partial charge in [-0.15, -0.1) is 0 Å². The van der Waals surface area contributed by atoms with Gasteiger partial charge in [-0.3, -0.25) is 5.32 Å². The summed E-state index contributed by atoms with van der Waals surface area (Å²) < 4.78 is 31.4. The van der Waals surface area contributed by atoms with Gasteiger partial charge >= 0.3 is 6.09 Å². The number of amides is 1. The zero-order chi connectivity index (χ0) is 15.6. The van der Waals surface area contributed by atoms with Crippen LogP contribution in [-0.2, 0) is 10.7 Å². The number of nitrogens with one attached hydrogen (secondary N) is 1. The summed E-state index contributed by atoms with van der Waals surface area (Å²) >= 11 is 0. The molecular formula is C13H17F2NO4. The summed E-state index contributed by atoms with van der Waals surface area (Å²) in [5.74, 6) is -4.00. The molecule has 0 aliphatic carbocycles. The molecule has 0 fully saturated rings. The number of ether oxygens (including phenoxy) is 1. The first kappa shape index (κ1) is 16.2. The van der Waals surface area contributed by atoms with Crippen molar-refractivity contribution in [1.29, 1.82) is 0 Å². The van der Waals surface area contributed by atoms with Crippen LogP contribution in [0.2, 0.25) is 0 Å². The van der Waals surface area contributed by atoms with Crippen LogP contribution in [0.15, 0.2) is 18.2 Å². The molecule has 20 heavy (non-hydrogen) atoms. The highest BCUT2D eigenvalue weighted by Gasteiger charge is 2.31. The zero-order valence-electron chi connectivity index (χ0n) is 11.4. The number of benzene rings is 1. The number of aromatic hydroxyl groups is 1. The van der Waals surface area contributed by atoms with E-state index in [4.69, 9.17) is 9.84 Å². The van der Waals surface area contributed by atoms with Crippen molar-refractivity contribution < 1.29 is 28.5 Å². The molecule has 7 heteroatoms. The molecule has 0 radical (unpaired) electrons. The number of aliphatic hydroxyl groups excluding tert-OH is 1. The fraction of sp³-hybridized carbons (Fsp3) is 0.462. The van der Waals surface area contributed by atoms with Gasteiger partial charge in [0.1, 0.15) is 18.0 Å². The molecule has 0 saturated carbocycles. The maximum atomic E-state index is 13.2. The fourth-order valence-corrected chi connectivity index (χ4v) is 1.37. The van der Waals surface area contributed by atoms with Crippen LogP contribution < -0.4 is 5.32 Å². The highest BCUT2D eigenvalue weighted by atomic mass is 19.3. The quantitative estimate of drug-likeness (QED) is 0.748. The Morgan fingerprint density at radius 1 is 1.35 bits per heavy atom. The number of carbonyl (C=O) groups is 1. The average Bonchev–Trinajstić information content (AvgIpc) is 2.29. The second-order valence-corrected chi connectivity index (χ2v) is 5.22. The number of hydrogen-bond acceptors (Lipinski definition) is 4. The van der Waals surface area contributed by atoms with Gasteiger partial charge in [0.15, 0.2) is 0 Å². The summed E-state index contributed by atoms with van der Waals surface area (Å²) in [6, 6.07) is 2.89. The molecule has 0 aliphatic heterocycles. The highest BCUT2D eigenvalue weighted by molar-refractivity contribution is 5.86. The lowest BCUT2D eigenvalue weighted by atomic mass is 10.1. The number of phenols is 1. The second-order valence-electron chi connectivity index (χ2n) is 5.22. The van der Waals surface area contributed by atoms with E-state index in [9.17, 15) is 18.7 Å². The van der Waals surface area contributed by atoms with E-state index < -0.39 is 35.5 Å². The molecule has 0 aromatic heterocycles. The van der Waals surface area contributed by atoms with Crippen LogP contribution in [-0.4, -0.2) is 28.5 Å². The van der Waals surface area contributed by atoms with Crippen molar-refractivity contribution in [3.05, 3.63) is 23.8 Å². The van der Waals surface area contributed by atoms with E-state index >= 15 is 0 Å². The Bertz CT molecular complexity index is 498. The van der Waals surface area contributed by atoms with Gasteiger partial charge in [0.25, 0.3) is 5.92 Å². The molecule has 1 rings (SSSR count). The molecule has 3 N–H and O–H groups in total. The zero-order valence-corrected chi connectivity index (χ0v) is 11.4. The molecule has 5 nitrogen and oxygen atoms in total. The number of alkyl halides is 2. The summed E-state index contributed by atoms with van der Waals surface area (Å²) in [7, 11) is 0. The summed E-state index contributed by atoms with van der Waals surface area (Å²) in [6.07, 6.45) is -0.811. The molecule has 0 heterocycles. The van der Waals surface area contributed by atoms with Crippen LogP contribution >= 0.6 is 0 Å². The lowest BCUT2D eigenvalue weighted by molar-refractivity contribution is -0.0557. The normalized spacial score (nSPS) is 12.1. The number of hydrogen-bond donors (Lipinski definition) is 3. The Morgan fingerprint density at radius 2 is 1.95 bits per heavy atom. The third-order valence-corrected chi connectivity index (χ3v) is 2.25. The smallest absolute Gasteiger partial charge is 0.412 e. The van der Waals surface area contributed by atoms with Crippen molar-refractivity contribution >= 4 is 11.8 Å². The SMILES string of the molecule is CC(C)(C)OC(=O)Nc1ccc(C(F)(F)CO)cc1O. The van der Waals surface area contributed by atoms with E-state index in [0.29, 0.717) is 0 Å². The molecular weight excluding hydrogens is 272 g/mol. The minimum absolute atomic E-state index is 0.0586. The van der Waals surface area contributed by atoms with E-state index in [1.165, 1.54) is 0 Å². The van der Waals surface area contributed by atoms with Gasteiger partial charge in [0.05, 0.1) is 5.69 Å². The molecule has 0 saturated heterocycles. The molecule has 0 unspecified atom stereocenters. The van der Waals surface area contributed by atoms with E-state index in [2.05, 4.69) is 5.32 Å². The molecule has 0 atom stereocenters. The third-order valence-electron chi connectivity index (χ3n) is 2.25. The first-order valence-corrected chi connectivity index (χ1v) is 5.87. The van der Waals surface area contributed by atoms with Gasteiger partial charge in [-0.05, 0) is 32.9 Å². The molecule has 0 spiro atoms. The number of anilines is 1. The van der Waals surface area contributed by atoms with E-state index in [-0.39, 0.29) is 5.69 Å². The molecule has 1 amide bonds. The van der Waals surface area contributed by atoms with Gasteiger partial charge < -0.3 is 14.9 Å². The minimum Gasteiger partial charge on any atom is -0.506 e. The summed E-state index contributed by atoms with van der Waals surface area (Å²) in [4.78, 5) is 11.5. The van der Waals surface area contributed by atoms with E-state index in [0.717, 1.165) is 18.2 Å². The molecule has 0 bridgehead atoms. The second kappa shape index (κ2) is 5.62. The minimum atomic E-state index is -3.46. The Morgan fingerprint density at radius 3 is 2.40 bits per heavy atom. The maximum absolute atomic E-state index is 13.2. The van der Waals surface area contributed by atoms with Crippen molar-refractivity contribution in [2.24, 2.45) is 0 Å². The topological polar surface area (TPSA) is 78.8 Å². The van der Waals surface area contributed by atoms with Crippen LogP contribution in [0, 0.1) is 0 Å². The van der Waals surface area contributed by atoms with E-state index in [1.807, 2.05) is 0 Å². The maximum Gasteiger partial charge on any atom is 0.412 e. The molecule has 112 valence electrons. The largest absolute Gasteiger partial charge is 0.506 e. The van der Waals surface area contributed by atoms with Crippen LogP contribution in [0.25, 0.3) is 0 Å². The van der Waals surface area contributed by atoms with E-state index in [1.54, 1.807) is 20.8 Å². The number of aliphatic hydroxyl groups is 1. The fourth-order valence-electron chi connectivity index (χ4n) is 1.37. The Hall–Kier alpha value is -1.89. The first-order chi connectivity index (χ1) is 9.05. The number of carbonyl (C=O) groups excluding carboxylic acids is 1. The average molecular weight is 289 g/mol. The Kier molecular flexibility index (Phi) is 4.54. The predicted molar refractivity (Wildman–Crippen MR) is 68.9 cm³/mol. The number of halogens is 2. The molecule has 1 aromatic carbocycles. The van der Waals surface area contributed by atoms with Crippen LogP contribution in [0.4, 0.5) is 19.3 Å². The van der Waals surface area contributed by atoms with Crippen molar-refractivity contribution in [3.63, 3.8) is 0 Å². The van der Waals surface area contributed by atoms with Crippen LogP contribution in [0.3, 0.4) is 0 Å². The highest BCUT2D eigenvalue weighted by Crippen LogP contribution is 2.33. The number of rotatable bonds is 3. The molecule has 1 aromatic rings. The van der Waals surface area contributed by atoms with Crippen molar-refractivity contribution in [1.82, 2.24) is 0 Å². The standard InChI is InChI=1S/C13H17F2NO4/c1-12(2,3)20-11(19)16-9-5-4-8(6-10(9)18)13(14,15)7-17/h4-6,17-18H,7H2,1-3H3,(H,16,19). The lowest BCUT2D eigenvalue weighted by Gasteiger charge is -2.20. The number of phenolic OH excluding ortho intramolecular Hbond substituents is 1. The van der Waals surface area contributed by atoms with Gasteiger partial charge in [-0.1, -0.05) is 6.07 Å². The van der Waals surface area contributed by atoms with Crippen molar-refractivity contribution in [2.75, 3.05) is 11.9 Å².